The highest BCUT2D eigenvalue weighted by Gasteiger charge is 2.40. The first kappa shape index (κ1) is 19.8. The number of oxazole rings is 1. The Morgan fingerprint density at radius 3 is 2.80 bits per heavy atom. The van der Waals surface area contributed by atoms with Crippen LogP contribution in [-0.2, 0) is 15.6 Å². The van der Waals surface area contributed by atoms with Crippen LogP contribution in [0, 0.1) is 5.82 Å². The number of carbonyl (C=O) groups is 1. The number of fused-ring (bicyclic) bond motifs is 1. The van der Waals surface area contributed by atoms with Crippen molar-refractivity contribution in [3.8, 4) is 0 Å². The third kappa shape index (κ3) is 3.47. The van der Waals surface area contributed by atoms with Crippen LogP contribution in [0.15, 0.2) is 51.9 Å². The normalized spacial score (nSPS) is 20.8. The number of nitrogens with one attached hydrogen (secondary N) is 1. The lowest BCUT2D eigenvalue weighted by Crippen LogP contribution is -2.50. The van der Waals surface area contributed by atoms with Gasteiger partial charge in [-0.15, -0.1) is 0 Å². The molecule has 1 atom stereocenters. The fourth-order valence-electron chi connectivity index (χ4n) is 3.21. The Kier molecular flexibility index (Phi) is 4.49. The minimum Gasteiger partial charge on any atom is -0.432 e. The Hall–Kier alpha value is -3.47. The van der Waals surface area contributed by atoms with Gasteiger partial charge in [0.1, 0.15) is 16.9 Å². The summed E-state index contributed by atoms with van der Waals surface area (Å²) in [6, 6.07) is 10.4. The lowest BCUT2D eigenvalue weighted by Gasteiger charge is -2.34. The Labute approximate surface area is 171 Å². The second-order valence-electron chi connectivity index (χ2n) is 7.13. The minimum atomic E-state index is -3.63. The Balaban J connectivity index is 1.62. The van der Waals surface area contributed by atoms with Crippen LogP contribution in [-0.4, -0.2) is 42.4 Å². The summed E-state index contributed by atoms with van der Waals surface area (Å²) in [7, 11) is -2.29. The zero-order chi connectivity index (χ0) is 21.7. The molecule has 11 heteroatoms. The molecule has 0 saturated carbocycles. The summed E-state index contributed by atoms with van der Waals surface area (Å²) < 4.78 is 44.3. The van der Waals surface area contributed by atoms with Crippen molar-refractivity contribution >= 4 is 38.7 Å². The smallest absolute Gasteiger partial charge is 0.311 e. The molecule has 2 heterocycles. The molecule has 0 bridgehead atoms. The second-order valence-corrected chi connectivity index (χ2v) is 9.13. The molecule has 156 valence electrons. The maximum Gasteiger partial charge on any atom is 0.311 e. The number of rotatable bonds is 3. The highest BCUT2D eigenvalue weighted by molar-refractivity contribution is 7.89. The van der Waals surface area contributed by atoms with Crippen LogP contribution in [0.3, 0.4) is 0 Å². The van der Waals surface area contributed by atoms with Crippen molar-refractivity contribution in [1.82, 2.24) is 9.29 Å². The largest absolute Gasteiger partial charge is 0.432 e. The number of nitrogens with zero attached hydrogens (tertiary/aromatic N) is 3. The topological polar surface area (TPSA) is 131 Å². The second kappa shape index (κ2) is 6.80. The summed E-state index contributed by atoms with van der Waals surface area (Å²) in [5, 5.41) is 2.64. The van der Waals surface area contributed by atoms with Crippen molar-refractivity contribution in [2.45, 2.75) is 12.5 Å². The molecule has 1 amide bonds. The number of sulfonamides is 1. The minimum absolute atomic E-state index is 0.114. The number of amides is 1. The quantitative estimate of drug-likeness (QED) is 0.652. The van der Waals surface area contributed by atoms with Crippen molar-refractivity contribution in [2.75, 3.05) is 18.1 Å². The summed E-state index contributed by atoms with van der Waals surface area (Å²) in [6.07, 6.45) is 0. The van der Waals surface area contributed by atoms with E-state index in [0.717, 1.165) is 10.4 Å². The zero-order valence-electron chi connectivity index (χ0n) is 16.1. The van der Waals surface area contributed by atoms with Crippen molar-refractivity contribution in [1.29, 1.82) is 0 Å². The van der Waals surface area contributed by atoms with E-state index >= 15 is 0 Å². The number of benzene rings is 2. The molecule has 0 saturated heterocycles. The molecule has 1 aromatic heterocycles. The first-order valence-electron chi connectivity index (χ1n) is 8.87. The molecule has 3 aromatic rings. The van der Waals surface area contributed by atoms with E-state index in [-0.39, 0.29) is 23.2 Å². The average Bonchev–Trinajstić information content (AvgIpc) is 3.09. The van der Waals surface area contributed by atoms with Gasteiger partial charge in [0.25, 0.3) is 5.89 Å². The Morgan fingerprint density at radius 2 is 2.07 bits per heavy atom. The predicted molar refractivity (Wildman–Crippen MR) is 109 cm³/mol. The number of aliphatic imine (C=N–C) groups is 1. The number of halogens is 1. The van der Waals surface area contributed by atoms with Crippen LogP contribution >= 0.6 is 0 Å². The fourth-order valence-corrected chi connectivity index (χ4v) is 4.67. The van der Waals surface area contributed by atoms with Crippen molar-refractivity contribution in [3.63, 3.8) is 0 Å². The maximum absolute atomic E-state index is 13.3. The van der Waals surface area contributed by atoms with E-state index in [1.807, 2.05) is 0 Å². The number of nitrogens with two attached hydrogens (primary N) is 1. The van der Waals surface area contributed by atoms with Crippen LogP contribution in [0.5, 0.6) is 0 Å². The average molecular weight is 431 g/mol. The number of guanidine groups is 1. The van der Waals surface area contributed by atoms with Gasteiger partial charge in [-0.25, -0.2) is 27.1 Å². The van der Waals surface area contributed by atoms with E-state index < -0.39 is 27.3 Å². The van der Waals surface area contributed by atoms with Gasteiger partial charge in [-0.05, 0) is 36.8 Å². The molecule has 9 nitrogen and oxygen atoms in total. The fraction of sp³-hybridized carbons (Fsp3) is 0.211. The number of anilines is 1. The molecule has 1 aliphatic heterocycles. The summed E-state index contributed by atoms with van der Waals surface area (Å²) >= 11 is 0. The molecule has 0 fully saturated rings. The van der Waals surface area contributed by atoms with Crippen LogP contribution in [0.4, 0.5) is 10.1 Å². The first-order valence-corrected chi connectivity index (χ1v) is 10.5. The van der Waals surface area contributed by atoms with E-state index in [1.54, 1.807) is 31.2 Å². The Bertz CT molecular complexity index is 1300. The van der Waals surface area contributed by atoms with Gasteiger partial charge in [0.15, 0.2) is 5.58 Å². The highest BCUT2D eigenvalue weighted by Crippen LogP contribution is 2.33. The van der Waals surface area contributed by atoms with Gasteiger partial charge in [-0.1, -0.05) is 12.1 Å². The van der Waals surface area contributed by atoms with Gasteiger partial charge in [0.05, 0.1) is 5.75 Å². The van der Waals surface area contributed by atoms with E-state index in [0.29, 0.717) is 16.8 Å². The molecule has 1 aliphatic rings. The van der Waals surface area contributed by atoms with Gasteiger partial charge in [0.2, 0.25) is 16.0 Å². The highest BCUT2D eigenvalue weighted by atomic mass is 32.2. The molecule has 1 unspecified atom stereocenters. The first-order chi connectivity index (χ1) is 14.1. The maximum atomic E-state index is 13.3. The lowest BCUT2D eigenvalue weighted by molar-refractivity contribution is 0.0992. The predicted octanol–water partition coefficient (Wildman–Crippen LogP) is 2.02. The van der Waals surface area contributed by atoms with Crippen LogP contribution in [0.2, 0.25) is 0 Å². The van der Waals surface area contributed by atoms with Gasteiger partial charge < -0.3 is 15.5 Å². The molecular formula is C19H18FN5O4S. The monoisotopic (exact) mass is 431 g/mol. The molecule has 4 rings (SSSR count). The third-order valence-electron chi connectivity index (χ3n) is 4.85. The molecule has 0 spiro atoms. The molecule has 3 N–H and O–H groups in total. The summed E-state index contributed by atoms with van der Waals surface area (Å²) in [6.45, 7) is 1.65. The molecule has 30 heavy (non-hydrogen) atoms. The Morgan fingerprint density at radius 1 is 1.30 bits per heavy atom. The van der Waals surface area contributed by atoms with E-state index in [2.05, 4.69) is 15.3 Å². The molecule has 2 aromatic carbocycles. The van der Waals surface area contributed by atoms with Gasteiger partial charge in [-0.3, -0.25) is 4.79 Å². The van der Waals surface area contributed by atoms with Gasteiger partial charge in [-0.2, -0.15) is 0 Å². The standard InChI is InChI=1S/C19H18FN5O4S/c1-19(10-30(27,28)25(2)18(21)24-19)11-4-3-5-13(8-11)22-16(26)17-23-14-7-6-12(20)9-15(14)29-17/h3-9H,10H2,1-2H3,(H2,21,24)(H,22,26). The third-order valence-corrected chi connectivity index (χ3v) is 6.80. The number of aromatic nitrogens is 1. The van der Waals surface area contributed by atoms with Crippen molar-refractivity contribution in [3.05, 3.63) is 59.7 Å². The van der Waals surface area contributed by atoms with E-state index in [9.17, 15) is 17.6 Å². The molecule has 0 radical (unpaired) electrons. The van der Waals surface area contributed by atoms with E-state index in [1.165, 1.54) is 19.2 Å². The van der Waals surface area contributed by atoms with Gasteiger partial charge >= 0.3 is 5.91 Å². The summed E-state index contributed by atoms with van der Waals surface area (Å²) in [5.74, 6) is -1.74. The van der Waals surface area contributed by atoms with Crippen LogP contribution in [0.1, 0.15) is 23.2 Å². The number of carbonyl (C=O) groups excluding carboxylic acids is 1. The van der Waals surface area contributed by atoms with Crippen LogP contribution < -0.4 is 11.1 Å². The van der Waals surface area contributed by atoms with E-state index in [4.69, 9.17) is 10.2 Å². The molecule has 0 aliphatic carbocycles. The molecular weight excluding hydrogens is 413 g/mol. The van der Waals surface area contributed by atoms with Crippen molar-refractivity contribution < 1.29 is 22.0 Å². The number of hydrogen-bond acceptors (Lipinski definition) is 7. The SMILES string of the molecule is CN1C(N)=NC(C)(c2cccc(NC(=O)c3nc4ccc(F)cc4o3)c2)CS1(=O)=O. The van der Waals surface area contributed by atoms with Crippen LogP contribution in [0.25, 0.3) is 11.1 Å². The summed E-state index contributed by atoms with van der Waals surface area (Å²) in [4.78, 5) is 20.9. The van der Waals surface area contributed by atoms with Gasteiger partial charge in [0, 0.05) is 18.8 Å². The lowest BCUT2D eigenvalue weighted by atomic mass is 9.94. The van der Waals surface area contributed by atoms with Crippen molar-refractivity contribution in [2.24, 2.45) is 10.7 Å². The number of hydrogen-bond donors (Lipinski definition) is 2. The zero-order valence-corrected chi connectivity index (χ0v) is 16.9. The summed E-state index contributed by atoms with van der Waals surface area (Å²) in [5.41, 5.74) is 6.12.